The zero-order valence-corrected chi connectivity index (χ0v) is 16.8. The van der Waals surface area contributed by atoms with Crippen molar-refractivity contribution in [3.63, 3.8) is 0 Å². The molecular formula is C16H20N4O4S2. The first kappa shape index (κ1) is 19.9. The Hall–Kier alpha value is -2.46. The van der Waals surface area contributed by atoms with E-state index in [0.29, 0.717) is 15.4 Å². The van der Waals surface area contributed by atoms with Crippen molar-refractivity contribution in [2.75, 3.05) is 24.9 Å². The molecule has 0 spiro atoms. The Morgan fingerprint density at radius 2 is 1.88 bits per heavy atom. The number of hydrogen-bond acceptors (Lipinski definition) is 7. The third-order valence-corrected chi connectivity index (χ3v) is 5.18. The molecule has 0 amide bonds. The highest BCUT2D eigenvalue weighted by Gasteiger charge is 2.26. The van der Waals surface area contributed by atoms with Crippen molar-refractivity contribution in [1.82, 2.24) is 9.78 Å². The monoisotopic (exact) mass is 396 g/mol. The molecule has 2 N–H and O–H groups in total. The van der Waals surface area contributed by atoms with Crippen LogP contribution in [0.4, 0.5) is 10.7 Å². The van der Waals surface area contributed by atoms with E-state index in [4.69, 9.17) is 21.7 Å². The van der Waals surface area contributed by atoms with Crippen LogP contribution in [0.25, 0.3) is 0 Å². The van der Waals surface area contributed by atoms with Crippen LogP contribution in [0, 0.1) is 13.8 Å². The Labute approximate surface area is 160 Å². The van der Waals surface area contributed by atoms with Gasteiger partial charge in [-0.3, -0.25) is 4.68 Å². The zero-order chi connectivity index (χ0) is 19.4. The summed E-state index contributed by atoms with van der Waals surface area (Å²) in [4.78, 5) is 24.4. The average Bonchev–Trinajstić information content (AvgIpc) is 3.13. The number of nitrogens with zero attached hydrogens (tertiary/aromatic N) is 2. The summed E-state index contributed by atoms with van der Waals surface area (Å²) in [7, 11) is 2.56. The van der Waals surface area contributed by atoms with Crippen LogP contribution in [-0.2, 0) is 16.0 Å². The zero-order valence-electron chi connectivity index (χ0n) is 15.1. The molecule has 2 heterocycles. The second-order valence-electron chi connectivity index (χ2n) is 5.28. The standard InChI is InChI=1S/C16H20N4O4S2/c1-6-20-9(3)10(7-17-20)18-16(25)19-13-11(14(21)23-4)8(2)12(26-13)15(22)24-5/h7H,6H2,1-5H3,(H2,18,19,25). The van der Waals surface area contributed by atoms with Crippen LogP contribution in [0.1, 0.15) is 38.2 Å². The molecule has 0 bridgehead atoms. The lowest BCUT2D eigenvalue weighted by atomic mass is 10.1. The summed E-state index contributed by atoms with van der Waals surface area (Å²) in [5.74, 6) is -1.08. The molecule has 0 saturated carbocycles. The summed E-state index contributed by atoms with van der Waals surface area (Å²) in [6, 6.07) is 0. The van der Waals surface area contributed by atoms with Gasteiger partial charge in [-0.25, -0.2) is 9.59 Å². The Morgan fingerprint density at radius 1 is 1.23 bits per heavy atom. The van der Waals surface area contributed by atoms with Crippen molar-refractivity contribution >= 4 is 51.3 Å². The van der Waals surface area contributed by atoms with E-state index in [-0.39, 0.29) is 10.7 Å². The first-order chi connectivity index (χ1) is 12.3. The minimum absolute atomic E-state index is 0.253. The van der Waals surface area contributed by atoms with Crippen molar-refractivity contribution in [1.29, 1.82) is 0 Å². The van der Waals surface area contributed by atoms with Gasteiger partial charge in [0.1, 0.15) is 9.88 Å². The largest absolute Gasteiger partial charge is 0.465 e. The highest BCUT2D eigenvalue weighted by Crippen LogP contribution is 2.34. The Kier molecular flexibility index (Phi) is 6.32. The molecular weight excluding hydrogens is 376 g/mol. The molecule has 10 heteroatoms. The summed E-state index contributed by atoms with van der Waals surface area (Å²) >= 11 is 6.41. The molecule has 26 heavy (non-hydrogen) atoms. The Balaban J connectivity index is 2.29. The van der Waals surface area contributed by atoms with Gasteiger partial charge in [0.05, 0.1) is 37.4 Å². The first-order valence-corrected chi connectivity index (χ1v) is 8.96. The van der Waals surface area contributed by atoms with Crippen LogP contribution in [0.3, 0.4) is 0 Å². The lowest BCUT2D eigenvalue weighted by Crippen LogP contribution is -2.20. The van der Waals surface area contributed by atoms with Gasteiger partial charge in [-0.1, -0.05) is 0 Å². The van der Waals surface area contributed by atoms with Crippen LogP contribution >= 0.6 is 23.6 Å². The number of nitrogens with one attached hydrogen (secondary N) is 2. The number of thiocarbonyl (C=S) groups is 1. The molecule has 0 aromatic carbocycles. The normalized spacial score (nSPS) is 10.3. The number of anilines is 2. The summed E-state index contributed by atoms with van der Waals surface area (Å²) in [6.07, 6.45) is 1.67. The number of carbonyl (C=O) groups is 2. The first-order valence-electron chi connectivity index (χ1n) is 7.74. The third kappa shape index (κ3) is 3.86. The van der Waals surface area contributed by atoms with Gasteiger partial charge in [0.2, 0.25) is 0 Å². The molecule has 0 aliphatic rings. The summed E-state index contributed by atoms with van der Waals surface area (Å²) in [6.45, 7) is 6.32. The average molecular weight is 396 g/mol. The molecule has 0 atom stereocenters. The predicted octanol–water partition coefficient (Wildman–Crippen LogP) is 2.96. The molecule has 0 aliphatic carbocycles. The topological polar surface area (TPSA) is 94.5 Å². The van der Waals surface area contributed by atoms with E-state index in [9.17, 15) is 9.59 Å². The van der Waals surface area contributed by atoms with Crippen LogP contribution in [0.15, 0.2) is 6.20 Å². The van der Waals surface area contributed by atoms with Gasteiger partial charge in [0.15, 0.2) is 5.11 Å². The Bertz CT molecular complexity index is 857. The van der Waals surface area contributed by atoms with Crippen molar-refractivity contribution in [2.24, 2.45) is 0 Å². The molecule has 0 unspecified atom stereocenters. The lowest BCUT2D eigenvalue weighted by molar-refractivity contribution is 0.0601. The maximum atomic E-state index is 12.1. The van der Waals surface area contributed by atoms with E-state index in [2.05, 4.69) is 15.7 Å². The molecule has 2 aromatic heterocycles. The summed E-state index contributed by atoms with van der Waals surface area (Å²) in [5, 5.41) is 10.9. The molecule has 0 saturated heterocycles. The van der Waals surface area contributed by atoms with Gasteiger partial charge in [-0.05, 0) is 38.6 Å². The summed E-state index contributed by atoms with van der Waals surface area (Å²) < 4.78 is 11.4. The van der Waals surface area contributed by atoms with E-state index in [0.717, 1.165) is 29.3 Å². The van der Waals surface area contributed by atoms with Gasteiger partial charge < -0.3 is 20.1 Å². The van der Waals surface area contributed by atoms with E-state index in [1.807, 2.05) is 18.5 Å². The van der Waals surface area contributed by atoms with E-state index in [1.165, 1.54) is 14.2 Å². The maximum absolute atomic E-state index is 12.1. The second kappa shape index (κ2) is 8.28. The van der Waals surface area contributed by atoms with Crippen molar-refractivity contribution < 1.29 is 19.1 Å². The van der Waals surface area contributed by atoms with Crippen LogP contribution < -0.4 is 10.6 Å². The molecule has 140 valence electrons. The molecule has 0 aliphatic heterocycles. The minimum atomic E-state index is -0.561. The quantitative estimate of drug-likeness (QED) is 0.588. The number of aromatic nitrogens is 2. The fraction of sp³-hybridized carbons (Fsp3) is 0.375. The highest BCUT2D eigenvalue weighted by molar-refractivity contribution is 7.80. The number of carbonyl (C=O) groups excluding carboxylic acids is 2. The molecule has 0 fully saturated rings. The third-order valence-electron chi connectivity index (χ3n) is 3.79. The van der Waals surface area contributed by atoms with Crippen LogP contribution in [0.5, 0.6) is 0 Å². The van der Waals surface area contributed by atoms with Gasteiger partial charge in [0.25, 0.3) is 0 Å². The predicted molar refractivity (Wildman–Crippen MR) is 104 cm³/mol. The van der Waals surface area contributed by atoms with Crippen LogP contribution in [0.2, 0.25) is 0 Å². The van der Waals surface area contributed by atoms with Gasteiger partial charge >= 0.3 is 11.9 Å². The smallest absolute Gasteiger partial charge is 0.348 e. The fourth-order valence-electron chi connectivity index (χ4n) is 2.38. The number of ether oxygens (including phenoxy) is 2. The van der Waals surface area contributed by atoms with Gasteiger partial charge in [-0.2, -0.15) is 5.10 Å². The summed E-state index contributed by atoms with van der Waals surface area (Å²) in [5.41, 5.74) is 2.42. The lowest BCUT2D eigenvalue weighted by Gasteiger charge is -2.10. The number of thiophene rings is 1. The second-order valence-corrected chi connectivity index (χ2v) is 6.71. The van der Waals surface area contributed by atoms with Crippen molar-refractivity contribution in [3.05, 3.63) is 27.9 Å². The van der Waals surface area contributed by atoms with Crippen molar-refractivity contribution in [2.45, 2.75) is 27.3 Å². The Morgan fingerprint density at radius 3 is 2.42 bits per heavy atom. The fourth-order valence-corrected chi connectivity index (χ4v) is 3.78. The molecule has 8 nitrogen and oxygen atoms in total. The molecule has 0 radical (unpaired) electrons. The SMILES string of the molecule is CCn1ncc(NC(=S)Nc2sc(C(=O)OC)c(C)c2C(=O)OC)c1C. The van der Waals surface area contributed by atoms with Gasteiger partial charge in [0, 0.05) is 6.54 Å². The molecule has 2 aromatic rings. The molecule has 2 rings (SSSR count). The van der Waals surface area contributed by atoms with Crippen molar-refractivity contribution in [3.8, 4) is 0 Å². The number of hydrogen-bond donors (Lipinski definition) is 2. The van der Waals surface area contributed by atoms with Crippen LogP contribution in [-0.4, -0.2) is 41.1 Å². The number of aryl methyl sites for hydroxylation is 1. The minimum Gasteiger partial charge on any atom is -0.465 e. The highest BCUT2D eigenvalue weighted by atomic mass is 32.1. The van der Waals surface area contributed by atoms with E-state index >= 15 is 0 Å². The van der Waals surface area contributed by atoms with E-state index < -0.39 is 11.9 Å². The number of methoxy groups -OCH3 is 2. The number of esters is 2. The van der Waals surface area contributed by atoms with Gasteiger partial charge in [-0.15, -0.1) is 11.3 Å². The maximum Gasteiger partial charge on any atom is 0.348 e. The number of rotatable bonds is 5. The van der Waals surface area contributed by atoms with E-state index in [1.54, 1.807) is 13.1 Å².